The summed E-state index contributed by atoms with van der Waals surface area (Å²) in [7, 11) is 0. The van der Waals surface area contributed by atoms with Gasteiger partial charge in [-0.25, -0.2) is 0 Å². The Morgan fingerprint density at radius 2 is 1.68 bits per heavy atom. The Bertz CT molecular complexity index is 602. The molecule has 2 amide bonds. The van der Waals surface area contributed by atoms with Crippen molar-refractivity contribution >= 4 is 11.8 Å². The van der Waals surface area contributed by atoms with E-state index in [0.717, 1.165) is 0 Å². The largest absolute Gasteiger partial charge is 0.344 e. The molecule has 2 heterocycles. The second-order valence-electron chi connectivity index (χ2n) is 6.00. The molecule has 2 aliphatic heterocycles. The number of amides is 2. The van der Waals surface area contributed by atoms with E-state index in [9.17, 15) is 9.59 Å². The number of ether oxygens (including phenoxy) is 2. The number of hydrogen-bond acceptors (Lipinski definition) is 4. The van der Waals surface area contributed by atoms with Crippen molar-refractivity contribution in [1.82, 2.24) is 4.90 Å². The fourth-order valence-electron chi connectivity index (χ4n) is 3.01. The predicted octanol–water partition coefficient (Wildman–Crippen LogP) is 2.38. The number of rotatable bonds is 4. The normalized spacial score (nSPS) is 26.4. The summed E-state index contributed by atoms with van der Waals surface area (Å²) >= 11 is 0. The summed E-state index contributed by atoms with van der Waals surface area (Å²) in [5.74, 6) is -1.27. The van der Waals surface area contributed by atoms with Crippen LogP contribution in [-0.2, 0) is 9.47 Å². The molecule has 0 N–H and O–H groups in total. The number of imide groups is 1. The minimum atomic E-state index is -0.725. The summed E-state index contributed by atoms with van der Waals surface area (Å²) in [5, 5.41) is 0. The van der Waals surface area contributed by atoms with Crippen molar-refractivity contribution in [3.63, 3.8) is 0 Å². The number of carbonyl (C=O) groups is 2. The number of nitrogens with zero attached hydrogens (tertiary/aromatic N) is 1. The molecule has 2 aliphatic rings. The molecule has 1 saturated heterocycles. The fourth-order valence-corrected chi connectivity index (χ4v) is 3.01. The lowest BCUT2D eigenvalue weighted by Gasteiger charge is -2.21. The van der Waals surface area contributed by atoms with Crippen LogP contribution in [-0.4, -0.2) is 41.3 Å². The van der Waals surface area contributed by atoms with E-state index < -0.39 is 5.79 Å². The van der Waals surface area contributed by atoms with Crippen LogP contribution >= 0.6 is 0 Å². The smallest absolute Gasteiger partial charge is 0.261 e. The van der Waals surface area contributed by atoms with Gasteiger partial charge in [-0.05, 0) is 32.4 Å². The van der Waals surface area contributed by atoms with Crippen molar-refractivity contribution in [3.05, 3.63) is 48.0 Å². The summed E-state index contributed by atoms with van der Waals surface area (Å²) in [5.41, 5.74) is 0.900. The molecule has 1 fully saturated rings. The van der Waals surface area contributed by atoms with E-state index in [4.69, 9.17) is 9.47 Å². The molecule has 116 valence electrons. The van der Waals surface area contributed by atoms with Crippen molar-refractivity contribution in [2.75, 3.05) is 6.54 Å². The third kappa shape index (κ3) is 2.46. The third-order valence-electron chi connectivity index (χ3n) is 3.92. The van der Waals surface area contributed by atoms with Gasteiger partial charge in [0.25, 0.3) is 11.8 Å². The lowest BCUT2D eigenvalue weighted by Crippen LogP contribution is -2.41. The van der Waals surface area contributed by atoms with Gasteiger partial charge in [-0.1, -0.05) is 18.2 Å². The van der Waals surface area contributed by atoms with Gasteiger partial charge in [0.1, 0.15) is 6.10 Å². The maximum Gasteiger partial charge on any atom is 0.261 e. The maximum absolute atomic E-state index is 12.4. The van der Waals surface area contributed by atoms with Crippen molar-refractivity contribution in [2.45, 2.75) is 38.3 Å². The van der Waals surface area contributed by atoms with Crippen LogP contribution in [0.5, 0.6) is 0 Å². The van der Waals surface area contributed by atoms with Crippen molar-refractivity contribution in [3.8, 4) is 0 Å². The second kappa shape index (κ2) is 5.34. The van der Waals surface area contributed by atoms with Gasteiger partial charge < -0.3 is 9.47 Å². The van der Waals surface area contributed by atoms with Gasteiger partial charge in [-0.15, -0.1) is 6.58 Å². The first-order valence-electron chi connectivity index (χ1n) is 7.35. The van der Waals surface area contributed by atoms with Crippen molar-refractivity contribution < 1.29 is 19.1 Å². The Hall–Kier alpha value is -1.98. The quantitative estimate of drug-likeness (QED) is 0.633. The van der Waals surface area contributed by atoms with E-state index in [0.29, 0.717) is 17.5 Å². The molecule has 0 aliphatic carbocycles. The Balaban J connectivity index is 1.80. The van der Waals surface area contributed by atoms with Crippen LogP contribution in [0.3, 0.4) is 0 Å². The molecule has 0 bridgehead atoms. The zero-order valence-electron chi connectivity index (χ0n) is 12.7. The van der Waals surface area contributed by atoms with E-state index in [1.807, 2.05) is 13.8 Å². The van der Waals surface area contributed by atoms with Gasteiger partial charge >= 0.3 is 0 Å². The molecule has 0 spiro atoms. The average Bonchev–Trinajstić information content (AvgIpc) is 2.89. The minimum absolute atomic E-state index is 0.189. The van der Waals surface area contributed by atoms with Crippen LogP contribution in [0.25, 0.3) is 0 Å². The molecular formula is C17H19NO4. The molecule has 1 aromatic rings. The molecule has 22 heavy (non-hydrogen) atoms. The number of hydrogen-bond donors (Lipinski definition) is 0. The zero-order valence-corrected chi connectivity index (χ0v) is 12.7. The van der Waals surface area contributed by atoms with Gasteiger partial charge in [-0.2, -0.15) is 0 Å². The Labute approximate surface area is 129 Å². The van der Waals surface area contributed by atoms with Crippen LogP contribution in [0, 0.1) is 0 Å². The van der Waals surface area contributed by atoms with Crippen molar-refractivity contribution in [1.29, 1.82) is 0 Å². The van der Waals surface area contributed by atoms with Crippen LogP contribution in [0.2, 0.25) is 0 Å². The van der Waals surface area contributed by atoms with E-state index in [2.05, 4.69) is 6.58 Å². The number of carbonyl (C=O) groups excluding carboxylic acids is 2. The van der Waals surface area contributed by atoms with Crippen LogP contribution in [0.15, 0.2) is 36.9 Å². The van der Waals surface area contributed by atoms with E-state index >= 15 is 0 Å². The highest BCUT2D eigenvalue weighted by molar-refractivity contribution is 6.21. The molecule has 5 nitrogen and oxygen atoms in total. The highest BCUT2D eigenvalue weighted by Crippen LogP contribution is 2.32. The predicted molar refractivity (Wildman–Crippen MR) is 80.4 cm³/mol. The fraction of sp³-hybridized carbons (Fsp3) is 0.412. The summed E-state index contributed by atoms with van der Waals surface area (Å²) in [6, 6.07) is 6.86. The van der Waals surface area contributed by atoms with Crippen molar-refractivity contribution in [2.24, 2.45) is 0 Å². The van der Waals surface area contributed by atoms with Gasteiger partial charge in [0.2, 0.25) is 0 Å². The monoisotopic (exact) mass is 301 g/mol. The molecule has 1 aromatic carbocycles. The molecular weight excluding hydrogens is 282 g/mol. The van der Waals surface area contributed by atoms with Gasteiger partial charge in [0.15, 0.2) is 5.79 Å². The summed E-state index contributed by atoms with van der Waals surface area (Å²) in [6.45, 7) is 7.56. The SMILES string of the molecule is C=CCC1OC(C)(C)OC1CN1C(=O)c2ccccc2C1=O. The van der Waals surface area contributed by atoms with Gasteiger partial charge in [0.05, 0.1) is 23.8 Å². The Kier molecular flexibility index (Phi) is 3.62. The minimum Gasteiger partial charge on any atom is -0.344 e. The molecule has 0 aromatic heterocycles. The maximum atomic E-state index is 12.4. The van der Waals surface area contributed by atoms with Crippen LogP contribution in [0.1, 0.15) is 41.0 Å². The van der Waals surface area contributed by atoms with Gasteiger partial charge in [-0.3, -0.25) is 14.5 Å². The first-order chi connectivity index (χ1) is 10.4. The van der Waals surface area contributed by atoms with Crippen LogP contribution in [0.4, 0.5) is 0 Å². The van der Waals surface area contributed by atoms with Gasteiger partial charge in [0, 0.05) is 0 Å². The average molecular weight is 301 g/mol. The summed E-state index contributed by atoms with van der Waals surface area (Å²) in [6.07, 6.45) is 1.80. The molecule has 2 atom stereocenters. The lowest BCUT2D eigenvalue weighted by molar-refractivity contribution is -0.146. The Morgan fingerprint density at radius 1 is 1.14 bits per heavy atom. The molecule has 2 unspecified atom stereocenters. The summed E-state index contributed by atoms with van der Waals surface area (Å²) in [4.78, 5) is 26.1. The Morgan fingerprint density at radius 3 is 2.23 bits per heavy atom. The first-order valence-corrected chi connectivity index (χ1v) is 7.35. The van der Waals surface area contributed by atoms with E-state index in [1.165, 1.54) is 4.90 Å². The highest BCUT2D eigenvalue weighted by atomic mass is 16.8. The molecule has 0 saturated carbocycles. The molecule has 3 rings (SSSR count). The topological polar surface area (TPSA) is 55.8 Å². The van der Waals surface area contributed by atoms with E-state index in [1.54, 1.807) is 30.3 Å². The molecule has 5 heteroatoms. The highest BCUT2D eigenvalue weighted by Gasteiger charge is 2.44. The first kappa shape index (κ1) is 14.9. The number of benzene rings is 1. The van der Waals surface area contributed by atoms with Crippen LogP contribution < -0.4 is 0 Å². The third-order valence-corrected chi connectivity index (χ3v) is 3.92. The zero-order chi connectivity index (χ0) is 15.9. The number of fused-ring (bicyclic) bond motifs is 1. The summed E-state index contributed by atoms with van der Waals surface area (Å²) < 4.78 is 11.7. The second-order valence-corrected chi connectivity index (χ2v) is 6.00. The molecule has 0 radical (unpaired) electrons. The standard InChI is InChI=1S/C17H19NO4/c1-4-7-13-14(22-17(2,3)21-13)10-18-15(19)11-8-5-6-9-12(11)16(18)20/h4-6,8-9,13-14H,1,7,10H2,2-3H3. The lowest BCUT2D eigenvalue weighted by atomic mass is 10.1. The van der Waals surface area contributed by atoms with E-state index in [-0.39, 0.29) is 30.6 Å².